The van der Waals surface area contributed by atoms with Gasteiger partial charge < -0.3 is 5.32 Å². The van der Waals surface area contributed by atoms with E-state index in [0.29, 0.717) is 12.3 Å². The topological polar surface area (TPSA) is 29.1 Å². The number of carbonyl (C=O) groups is 1. The highest BCUT2D eigenvalue weighted by Crippen LogP contribution is 2.08. The van der Waals surface area contributed by atoms with Crippen LogP contribution in [0, 0.1) is 18.3 Å². The van der Waals surface area contributed by atoms with Crippen molar-refractivity contribution < 1.29 is 4.79 Å². The summed E-state index contributed by atoms with van der Waals surface area (Å²) in [4.78, 5) is 11.4. The van der Waals surface area contributed by atoms with Gasteiger partial charge in [-0.15, -0.1) is 18.2 Å². The Morgan fingerprint density at radius 2 is 2.29 bits per heavy atom. The van der Waals surface area contributed by atoms with E-state index in [1.54, 1.807) is 11.8 Å². The van der Waals surface area contributed by atoms with Gasteiger partial charge in [0.15, 0.2) is 0 Å². The number of amides is 1. The van der Waals surface area contributed by atoms with Gasteiger partial charge >= 0.3 is 0 Å². The highest BCUT2D eigenvalue weighted by molar-refractivity contribution is 7.99. The molecule has 1 amide bonds. The van der Waals surface area contributed by atoms with Crippen LogP contribution in [0.25, 0.3) is 0 Å². The van der Waals surface area contributed by atoms with Gasteiger partial charge in [0.2, 0.25) is 5.91 Å². The summed E-state index contributed by atoms with van der Waals surface area (Å²) in [5.74, 6) is 4.35. The summed E-state index contributed by atoms with van der Waals surface area (Å²) in [5, 5.41) is 2.60. The summed E-state index contributed by atoms with van der Waals surface area (Å²) in [6, 6.07) is 0. The molecule has 0 aromatic rings. The monoisotopic (exact) mass is 231 g/mol. The maximum absolute atomic E-state index is 11.4. The van der Waals surface area contributed by atoms with Crippen molar-refractivity contribution in [1.29, 1.82) is 0 Å². The largest absolute Gasteiger partial charge is 0.354 e. The molecule has 80 valence electrons. The second-order valence-corrected chi connectivity index (χ2v) is 4.90. The average molecular weight is 231 g/mol. The first-order valence-electron chi connectivity index (χ1n) is 4.56. The normalized spacial score (nSPS) is 12.2. The third kappa shape index (κ3) is 6.22. The van der Waals surface area contributed by atoms with Crippen LogP contribution in [0.5, 0.6) is 0 Å². The fourth-order valence-electron chi connectivity index (χ4n) is 0.785. The number of hydrogen-bond acceptors (Lipinski definition) is 3. The van der Waals surface area contributed by atoms with Crippen molar-refractivity contribution in [1.82, 2.24) is 5.32 Å². The van der Waals surface area contributed by atoms with Crippen LogP contribution < -0.4 is 5.32 Å². The molecule has 0 aromatic heterocycles. The van der Waals surface area contributed by atoms with Crippen molar-refractivity contribution in [3.63, 3.8) is 0 Å². The molecule has 0 saturated carbocycles. The minimum absolute atomic E-state index is 0.00430. The molecule has 0 heterocycles. The van der Waals surface area contributed by atoms with E-state index < -0.39 is 0 Å². The summed E-state index contributed by atoms with van der Waals surface area (Å²) >= 11 is 5.85. The minimum Gasteiger partial charge on any atom is -0.354 e. The summed E-state index contributed by atoms with van der Waals surface area (Å²) in [7, 11) is 0. The maximum atomic E-state index is 11.4. The maximum Gasteiger partial charge on any atom is 0.233 e. The molecule has 1 N–H and O–H groups in total. The Hall–Kier alpha value is -0.270. The lowest BCUT2D eigenvalue weighted by atomic mass is 10.1. The fraction of sp³-hybridized carbons (Fsp3) is 0.700. The molecular formula is C10H17NOS2. The average Bonchev–Trinajstić information content (AvgIpc) is 2.16. The third-order valence-electron chi connectivity index (χ3n) is 1.63. The van der Waals surface area contributed by atoms with Crippen molar-refractivity contribution in [3.8, 4) is 12.3 Å². The molecule has 0 aromatic carbocycles. The Labute approximate surface area is 96.0 Å². The first kappa shape index (κ1) is 13.7. The molecule has 0 rings (SSSR count). The standard InChI is InChI=1S/C10H17NOS2/c1-4-6-14-7-5-11-10(12)9(13)8(2)3/h1,8-9,13H,5-7H2,2-3H3,(H,11,12). The van der Waals surface area contributed by atoms with Crippen molar-refractivity contribution in [2.24, 2.45) is 5.92 Å². The number of rotatable bonds is 6. The quantitative estimate of drug-likeness (QED) is 0.411. The van der Waals surface area contributed by atoms with Crippen LogP contribution in [0.3, 0.4) is 0 Å². The number of thiol groups is 1. The molecule has 1 atom stereocenters. The molecule has 0 fully saturated rings. The molecule has 0 aliphatic rings. The molecule has 1 unspecified atom stereocenters. The Bertz CT molecular complexity index is 211. The molecule has 0 aliphatic heterocycles. The molecular weight excluding hydrogens is 214 g/mol. The summed E-state index contributed by atoms with van der Waals surface area (Å²) in [6.45, 7) is 4.61. The molecule has 2 nitrogen and oxygen atoms in total. The summed E-state index contributed by atoms with van der Waals surface area (Å²) < 4.78 is 0. The fourth-order valence-corrected chi connectivity index (χ4v) is 1.38. The molecule has 4 heteroatoms. The Kier molecular flexibility index (Phi) is 7.92. The predicted molar refractivity (Wildman–Crippen MR) is 66.8 cm³/mol. The number of thioether (sulfide) groups is 1. The number of terminal acetylenes is 1. The van der Waals surface area contributed by atoms with E-state index in [1.165, 1.54) is 0 Å². The van der Waals surface area contributed by atoms with E-state index >= 15 is 0 Å². The van der Waals surface area contributed by atoms with Crippen LogP contribution in [0.4, 0.5) is 0 Å². The lowest BCUT2D eigenvalue weighted by molar-refractivity contribution is -0.121. The van der Waals surface area contributed by atoms with Gasteiger partial charge in [0.1, 0.15) is 0 Å². The molecule has 14 heavy (non-hydrogen) atoms. The Balaban J connectivity index is 3.50. The van der Waals surface area contributed by atoms with Crippen LogP contribution in [-0.2, 0) is 4.79 Å². The molecule has 0 spiro atoms. The Morgan fingerprint density at radius 3 is 2.79 bits per heavy atom. The zero-order valence-electron chi connectivity index (χ0n) is 8.62. The molecule has 0 bridgehead atoms. The van der Waals surface area contributed by atoms with Crippen LogP contribution in [-0.4, -0.2) is 29.2 Å². The van der Waals surface area contributed by atoms with E-state index in [0.717, 1.165) is 5.75 Å². The lowest BCUT2D eigenvalue weighted by Crippen LogP contribution is -2.35. The van der Waals surface area contributed by atoms with Gasteiger partial charge in [0.05, 0.1) is 11.0 Å². The van der Waals surface area contributed by atoms with E-state index in [9.17, 15) is 4.79 Å². The zero-order chi connectivity index (χ0) is 11.0. The van der Waals surface area contributed by atoms with Crippen LogP contribution in [0.2, 0.25) is 0 Å². The van der Waals surface area contributed by atoms with Gasteiger partial charge in [-0.05, 0) is 5.92 Å². The van der Waals surface area contributed by atoms with E-state index in [2.05, 4.69) is 23.9 Å². The van der Waals surface area contributed by atoms with Crippen molar-refractivity contribution in [2.45, 2.75) is 19.1 Å². The molecule has 0 radical (unpaired) electrons. The van der Waals surface area contributed by atoms with Crippen LogP contribution in [0.15, 0.2) is 0 Å². The summed E-state index contributed by atoms with van der Waals surface area (Å²) in [6.07, 6.45) is 5.09. The second-order valence-electron chi connectivity index (χ2n) is 3.24. The Morgan fingerprint density at radius 1 is 1.64 bits per heavy atom. The first-order valence-corrected chi connectivity index (χ1v) is 6.23. The van der Waals surface area contributed by atoms with Crippen LogP contribution >= 0.6 is 24.4 Å². The summed E-state index contributed by atoms with van der Waals surface area (Å²) in [5.41, 5.74) is 0. The SMILES string of the molecule is C#CCSCCNC(=O)C(S)C(C)C. The van der Waals surface area contributed by atoms with Crippen molar-refractivity contribution in [2.75, 3.05) is 18.1 Å². The molecule has 0 aliphatic carbocycles. The van der Waals surface area contributed by atoms with Crippen molar-refractivity contribution >= 4 is 30.3 Å². The number of hydrogen-bond donors (Lipinski definition) is 2. The van der Waals surface area contributed by atoms with Gasteiger partial charge in [-0.2, -0.15) is 12.6 Å². The van der Waals surface area contributed by atoms with Crippen molar-refractivity contribution in [3.05, 3.63) is 0 Å². The predicted octanol–water partition coefficient (Wildman–Crippen LogP) is 1.42. The highest BCUT2D eigenvalue weighted by Gasteiger charge is 2.16. The van der Waals surface area contributed by atoms with Gasteiger partial charge in [-0.25, -0.2) is 0 Å². The highest BCUT2D eigenvalue weighted by atomic mass is 32.2. The van der Waals surface area contributed by atoms with E-state index in [1.807, 2.05) is 13.8 Å². The number of nitrogens with one attached hydrogen (secondary N) is 1. The second kappa shape index (κ2) is 8.07. The van der Waals surface area contributed by atoms with Gasteiger partial charge in [0, 0.05) is 12.3 Å². The number of carbonyl (C=O) groups excluding carboxylic acids is 1. The van der Waals surface area contributed by atoms with E-state index in [-0.39, 0.29) is 17.1 Å². The first-order chi connectivity index (χ1) is 6.59. The molecule has 0 saturated heterocycles. The van der Waals surface area contributed by atoms with Gasteiger partial charge in [0.25, 0.3) is 0 Å². The van der Waals surface area contributed by atoms with Gasteiger partial charge in [-0.1, -0.05) is 19.8 Å². The third-order valence-corrected chi connectivity index (χ3v) is 3.33. The van der Waals surface area contributed by atoms with Crippen LogP contribution in [0.1, 0.15) is 13.8 Å². The van der Waals surface area contributed by atoms with E-state index in [4.69, 9.17) is 6.42 Å². The van der Waals surface area contributed by atoms with Gasteiger partial charge in [-0.3, -0.25) is 4.79 Å². The smallest absolute Gasteiger partial charge is 0.233 e. The zero-order valence-corrected chi connectivity index (χ0v) is 10.3. The minimum atomic E-state index is -0.215. The lowest BCUT2D eigenvalue weighted by Gasteiger charge is -2.14.